The number of unbranched alkanes of at least 4 members (excludes halogenated alkanes) is 2. The van der Waals surface area contributed by atoms with Crippen LogP contribution in [-0.2, 0) is 21.9 Å². The van der Waals surface area contributed by atoms with Crippen molar-refractivity contribution in [2.45, 2.75) is 32.6 Å². The molecular weight excluding hydrogens is 168 g/mol. The van der Waals surface area contributed by atoms with Crippen LogP contribution in [0.3, 0.4) is 0 Å². The van der Waals surface area contributed by atoms with Gasteiger partial charge in [0.15, 0.2) is 0 Å². The maximum absolute atomic E-state index is 9.76. The van der Waals surface area contributed by atoms with Crippen LogP contribution < -0.4 is 5.11 Å². The summed E-state index contributed by atoms with van der Waals surface area (Å²) in [5.74, 6) is -0.932. The van der Waals surface area contributed by atoms with Gasteiger partial charge in [0.05, 0.1) is 0 Å². The predicted molar refractivity (Wildman–Crippen MR) is 29.1 cm³/mol. The summed E-state index contributed by atoms with van der Waals surface area (Å²) in [7, 11) is 0. The molecule has 0 atom stereocenters. The Hall–Kier alpha value is -0.0105. The van der Waals surface area contributed by atoms with Crippen LogP contribution in [-0.4, -0.2) is 5.97 Å². The molecule has 3 heteroatoms. The number of carboxylic acid groups (broad SMARTS) is 1. The van der Waals surface area contributed by atoms with Gasteiger partial charge in [-0.3, -0.25) is 0 Å². The summed E-state index contributed by atoms with van der Waals surface area (Å²) in [5, 5.41) is 9.76. The second kappa shape index (κ2) is 7.99. The first-order valence-corrected chi connectivity index (χ1v) is 2.97. The largest absolute Gasteiger partial charge is 2.00 e. The second-order valence-corrected chi connectivity index (χ2v) is 1.83. The molecule has 0 aromatic carbocycles. The molecule has 0 spiro atoms. The van der Waals surface area contributed by atoms with E-state index in [0.29, 0.717) is 0 Å². The van der Waals surface area contributed by atoms with Gasteiger partial charge in [0.25, 0.3) is 0 Å². The van der Waals surface area contributed by atoms with Crippen LogP contribution in [0.1, 0.15) is 32.6 Å². The van der Waals surface area contributed by atoms with E-state index in [2.05, 4.69) is 0 Å². The maximum Gasteiger partial charge on any atom is 2.00 e. The average Bonchev–Trinajstić information content (AvgIpc) is 1.66. The molecule has 1 radical (unpaired) electrons. The van der Waals surface area contributed by atoms with E-state index >= 15 is 0 Å². The van der Waals surface area contributed by atoms with E-state index in [1.54, 1.807) is 0 Å². The zero-order valence-electron chi connectivity index (χ0n) is 5.45. The second-order valence-electron chi connectivity index (χ2n) is 1.83. The summed E-state index contributed by atoms with van der Waals surface area (Å²) in [6.45, 7) is 2.04. The fourth-order valence-electron chi connectivity index (χ4n) is 0.519. The number of carbonyl (C=O) groups excluding carboxylic acids is 1. The number of carboxylic acids is 1. The summed E-state index contributed by atoms with van der Waals surface area (Å²) < 4.78 is 0. The van der Waals surface area contributed by atoms with Crippen LogP contribution in [0.25, 0.3) is 0 Å². The molecule has 0 aliphatic rings. The molecule has 0 aliphatic heterocycles. The van der Waals surface area contributed by atoms with Crippen LogP contribution >= 0.6 is 0 Å². The van der Waals surface area contributed by atoms with E-state index in [1.165, 1.54) is 0 Å². The third kappa shape index (κ3) is 11.5. The molecule has 2 nitrogen and oxygen atoms in total. The molecule has 0 aliphatic carbocycles. The van der Waals surface area contributed by atoms with E-state index in [1.807, 2.05) is 6.92 Å². The molecule has 57 valence electrons. The smallest absolute Gasteiger partial charge is 0.550 e. The van der Waals surface area contributed by atoms with Crippen molar-refractivity contribution in [3.8, 4) is 0 Å². The molecule has 0 heterocycles. The van der Waals surface area contributed by atoms with Crippen molar-refractivity contribution in [2.75, 3.05) is 0 Å². The summed E-state index contributed by atoms with van der Waals surface area (Å²) in [6, 6.07) is 0. The van der Waals surface area contributed by atoms with E-state index < -0.39 is 5.97 Å². The Bertz CT molecular complexity index is 73.5. The molecule has 0 amide bonds. The van der Waals surface area contributed by atoms with Crippen molar-refractivity contribution in [3.05, 3.63) is 0 Å². The third-order valence-electron chi connectivity index (χ3n) is 0.984. The Morgan fingerprint density at radius 2 is 2.00 bits per heavy atom. The normalized spacial score (nSPS) is 8.11. The van der Waals surface area contributed by atoms with Gasteiger partial charge in [0.2, 0.25) is 0 Å². The molecule has 0 bridgehead atoms. The van der Waals surface area contributed by atoms with Crippen molar-refractivity contribution in [3.63, 3.8) is 0 Å². The fourth-order valence-corrected chi connectivity index (χ4v) is 0.519. The number of aliphatic carboxylic acids is 1. The minimum absolute atomic E-state index is 0. The van der Waals surface area contributed by atoms with Crippen molar-refractivity contribution in [1.82, 2.24) is 0 Å². The Kier molecular flexibility index (Phi) is 10.4. The van der Waals surface area contributed by atoms with Gasteiger partial charge in [-0.2, -0.15) is 0 Å². The maximum atomic E-state index is 9.76. The summed E-state index contributed by atoms with van der Waals surface area (Å²) in [5.41, 5.74) is 0. The van der Waals surface area contributed by atoms with Gasteiger partial charge < -0.3 is 9.90 Å². The van der Waals surface area contributed by atoms with Gasteiger partial charge in [-0.15, -0.1) is 0 Å². The van der Waals surface area contributed by atoms with Gasteiger partial charge in [0.1, 0.15) is 0 Å². The number of rotatable bonds is 4. The Morgan fingerprint density at radius 1 is 1.44 bits per heavy atom. The van der Waals surface area contributed by atoms with E-state index in [4.69, 9.17) is 0 Å². The fraction of sp³-hybridized carbons (Fsp3) is 0.833. The van der Waals surface area contributed by atoms with Gasteiger partial charge >= 0.3 is 17.1 Å². The molecule has 0 N–H and O–H groups in total. The zero-order valence-corrected chi connectivity index (χ0v) is 6.39. The topological polar surface area (TPSA) is 40.1 Å². The van der Waals surface area contributed by atoms with Crippen LogP contribution in [0, 0.1) is 0 Å². The molecule has 0 fully saturated rings. The molecule has 0 aromatic heterocycles. The van der Waals surface area contributed by atoms with Crippen molar-refractivity contribution in [1.29, 1.82) is 0 Å². The molecule has 0 saturated heterocycles. The molecule has 0 aromatic rings. The summed E-state index contributed by atoms with van der Waals surface area (Å²) in [6.07, 6.45) is 3.04. The van der Waals surface area contributed by atoms with E-state index in [0.717, 1.165) is 19.3 Å². The Labute approximate surface area is 66.1 Å². The minimum Gasteiger partial charge on any atom is -0.550 e. The van der Waals surface area contributed by atoms with Crippen LogP contribution in [0.15, 0.2) is 0 Å². The minimum atomic E-state index is -0.932. The van der Waals surface area contributed by atoms with Crippen LogP contribution in [0.4, 0.5) is 0 Å². The number of carbonyl (C=O) groups is 1. The zero-order chi connectivity index (χ0) is 6.41. The van der Waals surface area contributed by atoms with Gasteiger partial charge in [-0.05, 0) is 12.8 Å². The molecule has 0 saturated carbocycles. The SMILES string of the molecule is CCCCCC(=O)[O-].[Cu+2]. The van der Waals surface area contributed by atoms with Gasteiger partial charge in [-0.25, -0.2) is 0 Å². The Balaban J connectivity index is 0. The summed E-state index contributed by atoms with van der Waals surface area (Å²) in [4.78, 5) is 9.76. The Morgan fingerprint density at radius 3 is 2.33 bits per heavy atom. The number of hydrogen-bond donors (Lipinski definition) is 0. The molecular formula is C6H11CuO2+. The molecule has 0 rings (SSSR count). The first kappa shape index (κ1) is 11.7. The predicted octanol–water partition coefficient (Wildman–Crippen LogP) is 0.314. The van der Waals surface area contributed by atoms with Crippen molar-refractivity contribution in [2.24, 2.45) is 0 Å². The monoisotopic (exact) mass is 178 g/mol. The first-order chi connectivity index (χ1) is 3.77. The quantitative estimate of drug-likeness (QED) is 0.460. The van der Waals surface area contributed by atoms with Crippen LogP contribution in [0.5, 0.6) is 0 Å². The molecule has 0 unspecified atom stereocenters. The third-order valence-corrected chi connectivity index (χ3v) is 0.984. The van der Waals surface area contributed by atoms with Crippen molar-refractivity contribution >= 4 is 5.97 Å². The van der Waals surface area contributed by atoms with E-state index in [9.17, 15) is 9.90 Å². The summed E-state index contributed by atoms with van der Waals surface area (Å²) >= 11 is 0. The van der Waals surface area contributed by atoms with E-state index in [-0.39, 0.29) is 23.5 Å². The first-order valence-electron chi connectivity index (χ1n) is 2.97. The number of hydrogen-bond acceptors (Lipinski definition) is 2. The van der Waals surface area contributed by atoms with Gasteiger partial charge in [-0.1, -0.05) is 19.8 Å². The average molecular weight is 179 g/mol. The molecule has 9 heavy (non-hydrogen) atoms. The van der Waals surface area contributed by atoms with Gasteiger partial charge in [0, 0.05) is 5.97 Å². The standard InChI is InChI=1S/C6H12O2.Cu/c1-2-3-4-5-6(7)8;/h2-5H2,1H3,(H,7,8);/q;+2/p-1. The van der Waals surface area contributed by atoms with Crippen LogP contribution in [0.2, 0.25) is 0 Å². The van der Waals surface area contributed by atoms with Crippen molar-refractivity contribution < 1.29 is 27.0 Å².